The van der Waals surface area contributed by atoms with Crippen LogP contribution in [-0.4, -0.2) is 19.6 Å². The van der Waals surface area contributed by atoms with Gasteiger partial charge in [0.15, 0.2) is 0 Å². The number of ether oxygens (including phenoxy) is 1. The van der Waals surface area contributed by atoms with Gasteiger partial charge >= 0.3 is 5.97 Å². The molecule has 0 radical (unpaired) electrons. The van der Waals surface area contributed by atoms with Gasteiger partial charge in [-0.05, 0) is 19.1 Å². The molecule has 1 aromatic heterocycles. The standard InChI is InChI=1S/C11H14N2O3/c1-8(5-12)6-13-7-9-3-4-10(16-9)11(14)15-2/h3-4,8,13H,6-7H2,1-2H3. The summed E-state index contributed by atoms with van der Waals surface area (Å²) in [5.41, 5.74) is 0. The molecule has 0 aromatic carbocycles. The molecule has 1 atom stereocenters. The number of carbonyl (C=O) groups is 1. The fraction of sp³-hybridized carbons (Fsp3) is 0.455. The van der Waals surface area contributed by atoms with Gasteiger partial charge in [0.05, 0.1) is 25.6 Å². The highest BCUT2D eigenvalue weighted by Gasteiger charge is 2.10. The molecule has 1 heterocycles. The molecule has 0 fully saturated rings. The van der Waals surface area contributed by atoms with E-state index in [1.54, 1.807) is 12.1 Å². The summed E-state index contributed by atoms with van der Waals surface area (Å²) in [6.45, 7) is 2.91. The highest BCUT2D eigenvalue weighted by atomic mass is 16.5. The molecular weight excluding hydrogens is 208 g/mol. The lowest BCUT2D eigenvalue weighted by atomic mass is 10.2. The van der Waals surface area contributed by atoms with Crippen molar-refractivity contribution in [3.8, 4) is 6.07 Å². The molecule has 16 heavy (non-hydrogen) atoms. The number of nitrogens with one attached hydrogen (secondary N) is 1. The maximum Gasteiger partial charge on any atom is 0.373 e. The number of methoxy groups -OCH3 is 1. The van der Waals surface area contributed by atoms with Crippen molar-refractivity contribution in [3.63, 3.8) is 0 Å². The van der Waals surface area contributed by atoms with E-state index in [1.807, 2.05) is 6.92 Å². The fourth-order valence-corrected chi connectivity index (χ4v) is 1.14. The van der Waals surface area contributed by atoms with E-state index in [0.717, 1.165) is 0 Å². The minimum Gasteiger partial charge on any atom is -0.463 e. The lowest BCUT2D eigenvalue weighted by Gasteiger charge is -2.03. The molecule has 86 valence electrons. The Bertz CT molecular complexity index is 392. The van der Waals surface area contributed by atoms with Crippen molar-refractivity contribution in [2.45, 2.75) is 13.5 Å². The molecule has 0 saturated carbocycles. The number of esters is 1. The molecule has 0 aliphatic heterocycles. The topological polar surface area (TPSA) is 75.3 Å². The average Bonchev–Trinajstić information content (AvgIpc) is 2.76. The van der Waals surface area contributed by atoms with Crippen LogP contribution in [-0.2, 0) is 11.3 Å². The number of carbonyl (C=O) groups excluding carboxylic acids is 1. The summed E-state index contributed by atoms with van der Waals surface area (Å²) in [5, 5.41) is 11.6. The molecule has 1 N–H and O–H groups in total. The van der Waals surface area contributed by atoms with E-state index in [2.05, 4.69) is 16.1 Å². The van der Waals surface area contributed by atoms with Crippen molar-refractivity contribution >= 4 is 5.97 Å². The first kappa shape index (κ1) is 12.3. The van der Waals surface area contributed by atoms with E-state index in [9.17, 15) is 4.79 Å². The minimum atomic E-state index is -0.489. The van der Waals surface area contributed by atoms with E-state index in [-0.39, 0.29) is 11.7 Å². The molecule has 5 heteroatoms. The van der Waals surface area contributed by atoms with Crippen molar-refractivity contribution in [1.29, 1.82) is 5.26 Å². The van der Waals surface area contributed by atoms with E-state index < -0.39 is 5.97 Å². The second-order valence-corrected chi connectivity index (χ2v) is 3.42. The molecular formula is C11H14N2O3. The number of hydrogen-bond acceptors (Lipinski definition) is 5. The van der Waals surface area contributed by atoms with Gasteiger partial charge in [0, 0.05) is 6.54 Å². The highest BCUT2D eigenvalue weighted by Crippen LogP contribution is 2.08. The predicted octanol–water partition coefficient (Wildman–Crippen LogP) is 1.32. The lowest BCUT2D eigenvalue weighted by molar-refractivity contribution is 0.0563. The molecule has 0 bridgehead atoms. The minimum absolute atomic E-state index is 0.0463. The van der Waals surface area contributed by atoms with Crippen molar-refractivity contribution < 1.29 is 13.9 Å². The first-order chi connectivity index (χ1) is 7.67. The summed E-state index contributed by atoms with van der Waals surface area (Å²) < 4.78 is 9.75. The van der Waals surface area contributed by atoms with Crippen LogP contribution in [0.15, 0.2) is 16.5 Å². The SMILES string of the molecule is COC(=O)c1ccc(CNCC(C)C#N)o1. The maximum atomic E-state index is 11.1. The summed E-state index contributed by atoms with van der Waals surface area (Å²) in [4.78, 5) is 11.1. The Kier molecular flexibility index (Phi) is 4.55. The smallest absolute Gasteiger partial charge is 0.373 e. The predicted molar refractivity (Wildman–Crippen MR) is 56.5 cm³/mol. The summed E-state index contributed by atoms with van der Waals surface area (Å²) >= 11 is 0. The third-order valence-electron chi connectivity index (χ3n) is 2.02. The summed E-state index contributed by atoms with van der Waals surface area (Å²) in [5.74, 6) is 0.296. The molecule has 0 saturated heterocycles. The summed E-state index contributed by atoms with van der Waals surface area (Å²) in [7, 11) is 1.30. The number of nitriles is 1. The lowest BCUT2D eigenvalue weighted by Crippen LogP contribution is -2.19. The van der Waals surface area contributed by atoms with Gasteiger partial charge in [0.2, 0.25) is 5.76 Å². The number of rotatable bonds is 5. The average molecular weight is 222 g/mol. The Labute approximate surface area is 94.0 Å². The zero-order valence-corrected chi connectivity index (χ0v) is 9.32. The maximum absolute atomic E-state index is 11.1. The molecule has 5 nitrogen and oxygen atoms in total. The first-order valence-corrected chi connectivity index (χ1v) is 4.94. The second kappa shape index (κ2) is 5.93. The Morgan fingerprint density at radius 2 is 2.44 bits per heavy atom. The van der Waals surface area contributed by atoms with Crippen LogP contribution in [0.3, 0.4) is 0 Å². The Balaban J connectivity index is 2.41. The highest BCUT2D eigenvalue weighted by molar-refractivity contribution is 5.86. The Morgan fingerprint density at radius 3 is 3.06 bits per heavy atom. The molecule has 0 amide bonds. The molecule has 1 unspecified atom stereocenters. The molecule has 1 aromatic rings. The van der Waals surface area contributed by atoms with Crippen LogP contribution in [0.25, 0.3) is 0 Å². The van der Waals surface area contributed by atoms with Gasteiger partial charge in [0.25, 0.3) is 0 Å². The van der Waals surface area contributed by atoms with Crippen molar-refractivity contribution in [2.24, 2.45) is 5.92 Å². The van der Waals surface area contributed by atoms with Gasteiger partial charge < -0.3 is 14.5 Å². The largest absolute Gasteiger partial charge is 0.463 e. The quantitative estimate of drug-likeness (QED) is 0.760. The van der Waals surface area contributed by atoms with Gasteiger partial charge in [-0.2, -0.15) is 5.26 Å². The zero-order valence-electron chi connectivity index (χ0n) is 9.32. The third kappa shape index (κ3) is 3.41. The number of furan rings is 1. The van der Waals surface area contributed by atoms with E-state index in [4.69, 9.17) is 9.68 Å². The van der Waals surface area contributed by atoms with Crippen LogP contribution < -0.4 is 5.32 Å². The van der Waals surface area contributed by atoms with Crippen LogP contribution in [0.5, 0.6) is 0 Å². The van der Waals surface area contributed by atoms with Crippen molar-refractivity contribution in [3.05, 3.63) is 23.7 Å². The third-order valence-corrected chi connectivity index (χ3v) is 2.02. The zero-order chi connectivity index (χ0) is 12.0. The molecule has 0 spiro atoms. The number of hydrogen-bond donors (Lipinski definition) is 1. The fourth-order valence-electron chi connectivity index (χ4n) is 1.14. The Hall–Kier alpha value is -1.80. The van der Waals surface area contributed by atoms with E-state index in [1.165, 1.54) is 7.11 Å². The van der Waals surface area contributed by atoms with Gasteiger partial charge in [-0.25, -0.2) is 4.79 Å². The van der Waals surface area contributed by atoms with Crippen LogP contribution in [0, 0.1) is 17.2 Å². The van der Waals surface area contributed by atoms with Crippen molar-refractivity contribution in [2.75, 3.05) is 13.7 Å². The van der Waals surface area contributed by atoms with Gasteiger partial charge in [-0.15, -0.1) is 0 Å². The second-order valence-electron chi connectivity index (χ2n) is 3.42. The van der Waals surface area contributed by atoms with Gasteiger partial charge in [0.1, 0.15) is 5.76 Å². The van der Waals surface area contributed by atoms with Crippen LogP contribution >= 0.6 is 0 Å². The summed E-state index contributed by atoms with van der Waals surface area (Å²) in [6.07, 6.45) is 0. The summed E-state index contributed by atoms with van der Waals surface area (Å²) in [6, 6.07) is 5.39. The van der Waals surface area contributed by atoms with Crippen LogP contribution in [0.2, 0.25) is 0 Å². The normalized spacial score (nSPS) is 11.8. The van der Waals surface area contributed by atoms with Crippen molar-refractivity contribution in [1.82, 2.24) is 5.32 Å². The van der Waals surface area contributed by atoms with Gasteiger partial charge in [-0.1, -0.05) is 0 Å². The van der Waals surface area contributed by atoms with Crippen LogP contribution in [0.4, 0.5) is 0 Å². The van der Waals surface area contributed by atoms with Crippen LogP contribution in [0.1, 0.15) is 23.2 Å². The van der Waals surface area contributed by atoms with E-state index in [0.29, 0.717) is 18.8 Å². The molecule has 0 aliphatic carbocycles. The Morgan fingerprint density at radius 1 is 1.69 bits per heavy atom. The molecule has 0 aliphatic rings. The first-order valence-electron chi connectivity index (χ1n) is 4.94. The van der Waals surface area contributed by atoms with E-state index >= 15 is 0 Å². The monoisotopic (exact) mass is 222 g/mol. The number of nitrogens with zero attached hydrogens (tertiary/aromatic N) is 1. The van der Waals surface area contributed by atoms with Gasteiger partial charge in [-0.3, -0.25) is 0 Å². The molecule has 1 rings (SSSR count).